The number of nitrogens with zero attached hydrogens (tertiary/aromatic N) is 1. The van der Waals surface area contributed by atoms with Crippen LogP contribution in [0.5, 0.6) is 0 Å². The molecule has 1 heterocycles. The number of piperidine rings is 1. The van der Waals surface area contributed by atoms with Crippen molar-refractivity contribution in [1.29, 1.82) is 0 Å². The van der Waals surface area contributed by atoms with Crippen LogP contribution in [-0.2, 0) is 0 Å². The minimum absolute atomic E-state index is 0.613. The number of nitrogens with two attached hydrogens (primary N) is 1. The summed E-state index contributed by atoms with van der Waals surface area (Å²) >= 11 is 0. The first kappa shape index (κ1) is 12.3. The number of aryl methyl sites for hydroxylation is 1. The highest BCUT2D eigenvalue weighted by molar-refractivity contribution is 5.71. The van der Waals surface area contributed by atoms with Crippen LogP contribution in [0.2, 0.25) is 0 Å². The Labute approximate surface area is 105 Å². The molecule has 2 atom stereocenters. The fourth-order valence-electron chi connectivity index (χ4n) is 2.77. The fraction of sp³-hybridized carbons (Fsp3) is 0.600. The zero-order chi connectivity index (χ0) is 12.4. The van der Waals surface area contributed by atoms with E-state index in [1.807, 2.05) is 0 Å². The van der Waals surface area contributed by atoms with E-state index < -0.39 is 0 Å². The predicted molar refractivity (Wildman–Crippen MR) is 75.4 cm³/mol. The molecule has 0 saturated carbocycles. The summed E-state index contributed by atoms with van der Waals surface area (Å²) in [4.78, 5) is 2.50. The Morgan fingerprint density at radius 2 is 2.12 bits per heavy atom. The van der Waals surface area contributed by atoms with E-state index in [9.17, 15) is 0 Å². The normalized spacial score (nSPS) is 25.0. The second-order valence-electron chi connectivity index (χ2n) is 5.36. The zero-order valence-electron chi connectivity index (χ0n) is 11.2. The van der Waals surface area contributed by atoms with Crippen LogP contribution in [-0.4, -0.2) is 12.6 Å². The monoisotopic (exact) mass is 232 g/mol. The Bertz CT molecular complexity index is 387. The van der Waals surface area contributed by atoms with Gasteiger partial charge in [0.25, 0.3) is 0 Å². The molecule has 2 heteroatoms. The summed E-state index contributed by atoms with van der Waals surface area (Å²) in [6.07, 6.45) is 3.92. The molecule has 94 valence electrons. The highest BCUT2D eigenvalue weighted by atomic mass is 15.2. The third-order valence-electron chi connectivity index (χ3n) is 4.17. The molecule has 1 aromatic rings. The lowest BCUT2D eigenvalue weighted by Crippen LogP contribution is -2.42. The quantitative estimate of drug-likeness (QED) is 0.790. The Morgan fingerprint density at radius 1 is 1.35 bits per heavy atom. The van der Waals surface area contributed by atoms with Gasteiger partial charge in [-0.1, -0.05) is 25.5 Å². The van der Waals surface area contributed by atoms with Gasteiger partial charge in [0.1, 0.15) is 0 Å². The van der Waals surface area contributed by atoms with Crippen molar-refractivity contribution >= 4 is 11.4 Å². The number of para-hydroxylation sites is 1. The lowest BCUT2D eigenvalue weighted by atomic mass is 9.91. The molecule has 1 aliphatic heterocycles. The molecule has 2 N–H and O–H groups in total. The number of rotatable bonds is 2. The van der Waals surface area contributed by atoms with E-state index in [0.717, 1.165) is 18.2 Å². The Balaban J connectivity index is 2.27. The first-order valence-corrected chi connectivity index (χ1v) is 6.75. The molecule has 0 bridgehead atoms. The summed E-state index contributed by atoms with van der Waals surface area (Å²) in [5.74, 6) is 0.825. The van der Waals surface area contributed by atoms with Crippen molar-refractivity contribution in [1.82, 2.24) is 0 Å². The second kappa shape index (κ2) is 4.99. The molecular weight excluding hydrogens is 208 g/mol. The lowest BCUT2D eigenvalue weighted by molar-refractivity contribution is 0.359. The predicted octanol–water partition coefficient (Wildman–Crippen LogP) is 3.59. The van der Waals surface area contributed by atoms with Gasteiger partial charge >= 0.3 is 0 Å². The van der Waals surface area contributed by atoms with Crippen LogP contribution in [0.15, 0.2) is 18.2 Å². The fourth-order valence-corrected chi connectivity index (χ4v) is 2.77. The van der Waals surface area contributed by atoms with Gasteiger partial charge in [0.2, 0.25) is 0 Å². The van der Waals surface area contributed by atoms with Crippen molar-refractivity contribution < 1.29 is 0 Å². The summed E-state index contributed by atoms with van der Waals surface area (Å²) in [6.45, 7) is 7.85. The van der Waals surface area contributed by atoms with E-state index in [0.29, 0.717) is 6.04 Å². The summed E-state index contributed by atoms with van der Waals surface area (Å²) in [5.41, 5.74) is 9.60. The minimum atomic E-state index is 0.613. The van der Waals surface area contributed by atoms with Gasteiger partial charge in [0.05, 0.1) is 11.4 Å². The molecule has 0 amide bonds. The topological polar surface area (TPSA) is 29.3 Å². The van der Waals surface area contributed by atoms with Crippen molar-refractivity contribution in [3.05, 3.63) is 23.8 Å². The van der Waals surface area contributed by atoms with Crippen molar-refractivity contribution in [2.75, 3.05) is 17.2 Å². The van der Waals surface area contributed by atoms with E-state index in [1.165, 1.54) is 30.5 Å². The van der Waals surface area contributed by atoms with Gasteiger partial charge in [0, 0.05) is 12.6 Å². The van der Waals surface area contributed by atoms with Crippen LogP contribution in [0.3, 0.4) is 0 Å². The van der Waals surface area contributed by atoms with Crippen molar-refractivity contribution in [3.8, 4) is 0 Å². The highest BCUT2D eigenvalue weighted by Crippen LogP contribution is 2.33. The Hall–Kier alpha value is -1.18. The van der Waals surface area contributed by atoms with Gasteiger partial charge in [-0.25, -0.2) is 0 Å². The number of anilines is 2. The Morgan fingerprint density at radius 3 is 2.82 bits per heavy atom. The maximum absolute atomic E-state index is 6.22. The first-order chi connectivity index (χ1) is 8.13. The van der Waals surface area contributed by atoms with Gasteiger partial charge in [0.15, 0.2) is 0 Å². The maximum Gasteiger partial charge on any atom is 0.0605 e. The van der Waals surface area contributed by atoms with Crippen molar-refractivity contribution in [2.45, 2.75) is 46.1 Å². The third-order valence-corrected chi connectivity index (χ3v) is 4.17. The zero-order valence-corrected chi connectivity index (χ0v) is 11.2. The van der Waals surface area contributed by atoms with Crippen LogP contribution in [0.25, 0.3) is 0 Å². The number of hydrogen-bond donors (Lipinski definition) is 1. The molecule has 0 aromatic heterocycles. The Kier molecular flexibility index (Phi) is 3.60. The molecule has 1 fully saturated rings. The van der Waals surface area contributed by atoms with Gasteiger partial charge < -0.3 is 10.6 Å². The summed E-state index contributed by atoms with van der Waals surface area (Å²) in [6, 6.07) is 6.98. The number of benzene rings is 1. The third kappa shape index (κ3) is 2.41. The second-order valence-corrected chi connectivity index (χ2v) is 5.36. The van der Waals surface area contributed by atoms with Gasteiger partial charge in [-0.2, -0.15) is 0 Å². The van der Waals surface area contributed by atoms with Crippen LogP contribution in [0.4, 0.5) is 11.4 Å². The summed E-state index contributed by atoms with van der Waals surface area (Å²) in [7, 11) is 0. The van der Waals surface area contributed by atoms with E-state index in [4.69, 9.17) is 5.73 Å². The molecular formula is C15H24N2. The largest absolute Gasteiger partial charge is 0.397 e. The first-order valence-electron chi connectivity index (χ1n) is 6.75. The average Bonchev–Trinajstić information content (AvgIpc) is 2.34. The molecule has 0 aliphatic carbocycles. The standard InChI is InChI=1S/C15H24N2/c1-4-13-9-8-12(3)17(10-13)14-7-5-6-11(2)15(14)16/h5-7,12-13H,4,8-10,16H2,1-3H3. The maximum atomic E-state index is 6.22. The molecule has 0 radical (unpaired) electrons. The number of nitrogen functional groups attached to an aromatic ring is 1. The van der Waals surface area contributed by atoms with Crippen LogP contribution in [0, 0.1) is 12.8 Å². The minimum Gasteiger partial charge on any atom is -0.397 e. The van der Waals surface area contributed by atoms with Crippen LogP contribution < -0.4 is 10.6 Å². The van der Waals surface area contributed by atoms with Gasteiger partial charge in [-0.05, 0) is 44.2 Å². The highest BCUT2D eigenvalue weighted by Gasteiger charge is 2.25. The number of hydrogen-bond acceptors (Lipinski definition) is 2. The molecule has 17 heavy (non-hydrogen) atoms. The van der Waals surface area contributed by atoms with E-state index in [1.54, 1.807) is 0 Å². The molecule has 2 rings (SSSR count). The smallest absolute Gasteiger partial charge is 0.0605 e. The summed E-state index contributed by atoms with van der Waals surface area (Å²) in [5, 5.41) is 0. The van der Waals surface area contributed by atoms with Crippen molar-refractivity contribution in [2.24, 2.45) is 5.92 Å². The summed E-state index contributed by atoms with van der Waals surface area (Å²) < 4.78 is 0. The van der Waals surface area contributed by atoms with E-state index in [-0.39, 0.29) is 0 Å². The molecule has 1 aliphatic rings. The van der Waals surface area contributed by atoms with Crippen LogP contribution >= 0.6 is 0 Å². The molecule has 2 nitrogen and oxygen atoms in total. The van der Waals surface area contributed by atoms with Crippen molar-refractivity contribution in [3.63, 3.8) is 0 Å². The van der Waals surface area contributed by atoms with Gasteiger partial charge in [-0.3, -0.25) is 0 Å². The molecule has 1 aromatic carbocycles. The SMILES string of the molecule is CCC1CCC(C)N(c2cccc(C)c2N)C1. The lowest BCUT2D eigenvalue weighted by Gasteiger charge is -2.40. The van der Waals surface area contributed by atoms with Gasteiger partial charge in [-0.15, -0.1) is 0 Å². The molecule has 1 saturated heterocycles. The molecule has 0 spiro atoms. The average molecular weight is 232 g/mol. The van der Waals surface area contributed by atoms with E-state index >= 15 is 0 Å². The molecule has 2 unspecified atom stereocenters. The van der Waals surface area contributed by atoms with Crippen LogP contribution in [0.1, 0.15) is 38.7 Å². The van der Waals surface area contributed by atoms with E-state index in [2.05, 4.69) is 43.9 Å².